The van der Waals surface area contributed by atoms with Crippen LogP contribution in [0.15, 0.2) is 36.5 Å². The summed E-state index contributed by atoms with van der Waals surface area (Å²) in [4.78, 5) is 69.3. The first-order chi connectivity index (χ1) is 40.4. The van der Waals surface area contributed by atoms with Crippen molar-refractivity contribution in [1.82, 2.24) is 21.3 Å². The molecule has 89 heavy (non-hydrogen) atoms. The molecule has 0 aromatic heterocycles. The number of aliphatic hydroxyl groups excluding tert-OH is 2. The van der Waals surface area contributed by atoms with E-state index in [0.29, 0.717) is 88.0 Å². The van der Waals surface area contributed by atoms with Gasteiger partial charge in [0.15, 0.2) is 56.5 Å². The molecule has 0 aromatic rings. The molecule has 35 heteroatoms. The third kappa shape index (κ3) is 52.1. The summed E-state index contributed by atoms with van der Waals surface area (Å²) in [5, 5.41) is 29.7. The Bertz CT molecular complexity index is 1960. The number of nitrogens with one attached hydrogen (secondary N) is 4. The van der Waals surface area contributed by atoms with Crippen LogP contribution in [0.3, 0.4) is 0 Å². The lowest BCUT2D eigenvalue weighted by molar-refractivity contribution is -0.152. The minimum atomic E-state index is -2.96. The zero-order valence-electron chi connectivity index (χ0n) is 58.6. The van der Waals surface area contributed by atoms with Gasteiger partial charge in [-0.05, 0) is 179 Å². The quantitative estimate of drug-likeness (QED) is 0.00826. The van der Waals surface area contributed by atoms with Crippen molar-refractivity contribution in [3.8, 4) is 0 Å². The van der Waals surface area contributed by atoms with Gasteiger partial charge in [0.25, 0.3) is 0 Å². The number of hydrogen-bond donors (Lipinski definition) is 6. The molecule has 2 atom stereocenters. The molecule has 0 rings (SSSR count). The van der Waals surface area contributed by atoms with Gasteiger partial charge in [-0.15, -0.1) is 0 Å². The minimum absolute atomic E-state index is 0.00580. The molecule has 2 unspecified atom stereocenters. The van der Waals surface area contributed by atoms with E-state index in [4.69, 9.17) is 61.7 Å². The molecule has 0 spiro atoms. The number of carbonyl (C=O) groups excluding carboxylic acids is 6. The second-order valence-electron chi connectivity index (χ2n) is 26.4. The minimum Gasteiger partial charge on any atom is -0.459 e. The van der Waals surface area contributed by atoms with Crippen molar-refractivity contribution in [3.05, 3.63) is 36.5 Å². The predicted octanol–water partition coefficient (Wildman–Crippen LogP) is 9.91. The van der Waals surface area contributed by atoms with E-state index in [0.717, 1.165) is 0 Å². The first-order valence-electron chi connectivity index (χ1n) is 30.3. The number of esters is 2. The highest BCUT2D eigenvalue weighted by molar-refractivity contribution is 6.91. The fraction of sp³-hybridized carbons (Fsp3) is 0.778. The molecule has 0 aliphatic carbocycles. The normalized spacial score (nSPS) is 13.1. The van der Waals surface area contributed by atoms with Crippen molar-refractivity contribution in [3.63, 3.8) is 0 Å². The standard InChI is InChI=1S/C19H44N2O7Si4.C19H43NO8Si4.C16H31NO7Si/c1-16(2)18(23)21-15-17(22)25-19(24)20-13-12-14-32(26-29(3,4)5,27-30(6,7)8)28-31(9,10)11;1-16(2)18(22)24-15-17(21)25-19(23)20-13-12-14-32(26-29(3,4)5,27-30(6,7)8)28-31(9,10)11;1-6-22-25(23-7-2,24-8-3)13-9-10-17-16(19)21-12-11-20-15(18)14(4)5/h17,22H,1,12-15H2,2-11H3,(H,20,24)(H,21,23);17,21H,1,12-15H2,2-11H3,(H,20,23);4,6-13H2,1-3,5H3,(H,17,19). The molecule has 0 bridgehead atoms. The molecular formula is C54H118N4O22Si9. The second kappa shape index (κ2) is 43.0. The molecule has 0 radical (unpaired) electrons. The van der Waals surface area contributed by atoms with Crippen molar-refractivity contribution in [1.29, 1.82) is 0 Å². The van der Waals surface area contributed by atoms with E-state index in [1.807, 2.05) is 20.8 Å². The molecule has 0 aromatic carbocycles. The van der Waals surface area contributed by atoms with Crippen LogP contribution in [0.1, 0.15) is 60.8 Å². The number of amides is 4. The van der Waals surface area contributed by atoms with Gasteiger partial charge in [-0.2, -0.15) is 0 Å². The number of carbonyl (C=O) groups is 6. The smallest absolute Gasteiger partial charge is 0.459 e. The van der Waals surface area contributed by atoms with Gasteiger partial charge in [0.05, 0.1) is 6.54 Å². The lowest BCUT2D eigenvalue weighted by atomic mass is 10.3. The fourth-order valence-corrected chi connectivity index (χ4v) is 39.1. The van der Waals surface area contributed by atoms with Crippen molar-refractivity contribution >= 4 is 112 Å². The summed E-state index contributed by atoms with van der Waals surface area (Å²) in [5.41, 5.74) is 0.793. The Morgan fingerprint density at radius 3 is 0.989 bits per heavy atom. The van der Waals surface area contributed by atoms with E-state index in [-0.39, 0.29) is 25.3 Å². The first-order valence-corrected chi connectivity index (χ1v) is 56.5. The monoisotopic (exact) mass is 1430 g/mol. The zero-order chi connectivity index (χ0) is 69.9. The summed E-state index contributed by atoms with van der Waals surface area (Å²) in [6, 6.07) is 1.77. The van der Waals surface area contributed by atoms with Crippen LogP contribution >= 0.6 is 0 Å². The maximum absolute atomic E-state index is 12.0. The molecule has 0 aliphatic rings. The summed E-state index contributed by atoms with van der Waals surface area (Å²) in [7, 11) is -20.3. The van der Waals surface area contributed by atoms with Gasteiger partial charge in [-0.3, -0.25) is 4.79 Å². The summed E-state index contributed by atoms with van der Waals surface area (Å²) in [5.74, 6) is -1.59. The van der Waals surface area contributed by atoms with Crippen molar-refractivity contribution in [2.24, 2.45) is 0 Å². The third-order valence-corrected chi connectivity index (χ3v) is 36.8. The maximum atomic E-state index is 12.0. The topological polar surface area (TPSA) is 320 Å². The van der Waals surface area contributed by atoms with Crippen LogP contribution in [-0.2, 0) is 76.0 Å². The Morgan fingerprint density at radius 2 is 0.685 bits per heavy atom. The van der Waals surface area contributed by atoms with E-state index in [1.165, 1.54) is 6.92 Å². The molecule has 0 aliphatic heterocycles. The average molecular weight is 1430 g/mol. The van der Waals surface area contributed by atoms with Gasteiger partial charge < -0.3 is 93.1 Å². The third-order valence-electron chi connectivity index (χ3n) is 9.56. The molecule has 0 saturated heterocycles. The van der Waals surface area contributed by atoms with E-state index in [1.54, 1.807) is 13.8 Å². The Kier molecular flexibility index (Phi) is 43.6. The van der Waals surface area contributed by atoms with Gasteiger partial charge in [-0.1, -0.05) is 19.7 Å². The summed E-state index contributed by atoms with van der Waals surface area (Å²) in [6.07, 6.45) is -3.35. The van der Waals surface area contributed by atoms with E-state index >= 15 is 0 Å². The molecule has 6 N–H and O–H groups in total. The molecular weight excluding hydrogens is 1310 g/mol. The van der Waals surface area contributed by atoms with Gasteiger partial charge in [0.1, 0.15) is 13.2 Å². The predicted molar refractivity (Wildman–Crippen MR) is 367 cm³/mol. The molecule has 522 valence electrons. The van der Waals surface area contributed by atoms with Gasteiger partial charge >= 0.3 is 56.6 Å². The van der Waals surface area contributed by atoms with Crippen molar-refractivity contribution in [2.45, 2.75) is 209 Å². The molecule has 4 amide bonds. The highest BCUT2D eigenvalue weighted by atomic mass is 28.5. The SMILES string of the molecule is C=C(C)C(=O)NCC(O)OC(=O)NCCC[Si](O[Si](C)(C)C)(O[Si](C)(C)C)O[Si](C)(C)C.C=C(C)C(=O)OCC(O)OC(=O)NCCC[Si](O[Si](C)(C)C)(O[Si](C)(C)C)O[Si](C)(C)C.C=C(C)C(=O)OCCOC(=O)NCCC[Si](OCC)(OCC)OCC. The number of ether oxygens (including phenoxy) is 5. The largest absolute Gasteiger partial charge is 0.500 e. The average Bonchev–Trinajstić information content (AvgIpc) is 0.949. The summed E-state index contributed by atoms with van der Waals surface area (Å²) < 4.78 is 80.9. The van der Waals surface area contributed by atoms with Crippen LogP contribution in [-0.4, -0.2) is 201 Å². The van der Waals surface area contributed by atoms with E-state index in [9.17, 15) is 39.0 Å². The number of rotatable bonds is 42. The maximum Gasteiger partial charge on any atom is 0.500 e. The van der Waals surface area contributed by atoms with E-state index < -0.39 is 132 Å². The van der Waals surface area contributed by atoms with E-state index in [2.05, 4.69) is 159 Å². The van der Waals surface area contributed by atoms with Crippen LogP contribution in [0.2, 0.25) is 136 Å². The summed E-state index contributed by atoms with van der Waals surface area (Å²) >= 11 is 0. The van der Waals surface area contributed by atoms with Crippen LogP contribution in [0.25, 0.3) is 0 Å². The van der Waals surface area contributed by atoms with Crippen LogP contribution in [0.5, 0.6) is 0 Å². The highest BCUT2D eigenvalue weighted by Crippen LogP contribution is 2.31. The van der Waals surface area contributed by atoms with Gasteiger partial charge in [0.2, 0.25) is 18.5 Å². The Morgan fingerprint density at radius 1 is 0.393 bits per heavy atom. The van der Waals surface area contributed by atoms with Crippen LogP contribution in [0, 0.1) is 0 Å². The second-order valence-corrected chi connectivity index (χ2v) is 63.1. The fourth-order valence-electron chi connectivity index (χ4n) is 7.17. The molecule has 0 saturated carbocycles. The van der Waals surface area contributed by atoms with Crippen LogP contribution < -0.4 is 21.3 Å². The molecule has 26 nitrogen and oxygen atoms in total. The number of alkyl carbamates (subject to hydrolysis) is 3. The zero-order valence-corrected chi connectivity index (χ0v) is 67.6. The lowest BCUT2D eigenvalue weighted by Gasteiger charge is -2.43. The Balaban J connectivity index is -0.00000126. The van der Waals surface area contributed by atoms with Gasteiger partial charge in [-0.25, -0.2) is 24.0 Å². The molecule has 0 heterocycles. The Labute approximate surface area is 543 Å². The molecule has 0 fully saturated rings. The van der Waals surface area contributed by atoms with Crippen molar-refractivity contribution in [2.75, 3.05) is 65.8 Å². The Hall–Kier alpha value is -3.05. The number of hydrogen-bond acceptors (Lipinski definition) is 22. The van der Waals surface area contributed by atoms with Crippen LogP contribution in [0.4, 0.5) is 14.4 Å². The number of aliphatic hydroxyl groups is 2. The highest BCUT2D eigenvalue weighted by Gasteiger charge is 2.51. The van der Waals surface area contributed by atoms with Crippen molar-refractivity contribution < 1.29 is 101 Å². The first kappa shape index (κ1) is 90.1. The summed E-state index contributed by atoms with van der Waals surface area (Å²) in [6.45, 7) is 60.7. The van der Waals surface area contributed by atoms with Gasteiger partial charge in [0, 0.05) is 74.3 Å². The lowest BCUT2D eigenvalue weighted by Crippen LogP contribution is -2.60.